The minimum Gasteiger partial charge on any atom is -0.497 e. The number of carbonyl (C=O) groups excluding carboxylic acids is 1. The van der Waals surface area contributed by atoms with E-state index in [9.17, 15) is 4.79 Å². The molecule has 0 bridgehead atoms. The Kier molecular flexibility index (Phi) is 4.08. The van der Waals surface area contributed by atoms with Crippen molar-refractivity contribution in [1.29, 1.82) is 0 Å². The summed E-state index contributed by atoms with van der Waals surface area (Å²) in [5, 5.41) is 4.33. The Morgan fingerprint density at radius 3 is 2.60 bits per heavy atom. The Hall–Kier alpha value is -2.30. The number of hydrogen-bond donors (Lipinski definition) is 0. The van der Waals surface area contributed by atoms with Gasteiger partial charge in [0.05, 0.1) is 19.9 Å². The van der Waals surface area contributed by atoms with E-state index < -0.39 is 5.97 Å². The molecule has 0 unspecified atom stereocenters. The van der Waals surface area contributed by atoms with Crippen LogP contribution in [0.4, 0.5) is 0 Å². The maximum atomic E-state index is 11.6. The number of nitrogens with zero attached hydrogens (tertiary/aromatic N) is 2. The standard InChI is InChI=1S/C15H18N2O3/c1-10(2)14-9-13(15(18)20-4)16-17(14)11-6-5-7-12(8-11)19-3/h5-10H,1-4H3. The molecule has 0 aliphatic rings. The fourth-order valence-corrected chi connectivity index (χ4v) is 1.96. The van der Waals surface area contributed by atoms with Gasteiger partial charge in [0, 0.05) is 11.8 Å². The summed E-state index contributed by atoms with van der Waals surface area (Å²) in [5.74, 6) is 0.535. The topological polar surface area (TPSA) is 53.4 Å². The van der Waals surface area contributed by atoms with Crippen LogP contribution in [0.3, 0.4) is 0 Å². The van der Waals surface area contributed by atoms with Gasteiger partial charge >= 0.3 is 5.97 Å². The molecule has 20 heavy (non-hydrogen) atoms. The van der Waals surface area contributed by atoms with Crippen LogP contribution in [0.15, 0.2) is 30.3 Å². The van der Waals surface area contributed by atoms with Gasteiger partial charge in [0.25, 0.3) is 0 Å². The van der Waals surface area contributed by atoms with Gasteiger partial charge in [-0.3, -0.25) is 0 Å². The molecule has 5 nitrogen and oxygen atoms in total. The molecule has 1 aromatic heterocycles. The summed E-state index contributed by atoms with van der Waals surface area (Å²) in [4.78, 5) is 11.6. The first-order chi connectivity index (χ1) is 9.56. The highest BCUT2D eigenvalue weighted by molar-refractivity contribution is 5.87. The molecule has 0 spiro atoms. The van der Waals surface area contributed by atoms with Gasteiger partial charge in [0.1, 0.15) is 5.75 Å². The Morgan fingerprint density at radius 1 is 1.25 bits per heavy atom. The van der Waals surface area contributed by atoms with Crippen LogP contribution >= 0.6 is 0 Å². The van der Waals surface area contributed by atoms with Crippen LogP contribution in [0.2, 0.25) is 0 Å². The number of benzene rings is 1. The van der Waals surface area contributed by atoms with Crippen LogP contribution in [-0.2, 0) is 4.74 Å². The van der Waals surface area contributed by atoms with Crippen LogP contribution < -0.4 is 4.74 Å². The van der Waals surface area contributed by atoms with Gasteiger partial charge in [-0.25, -0.2) is 9.48 Å². The highest BCUT2D eigenvalue weighted by atomic mass is 16.5. The van der Waals surface area contributed by atoms with Crippen molar-refractivity contribution < 1.29 is 14.3 Å². The van der Waals surface area contributed by atoms with E-state index in [1.54, 1.807) is 17.9 Å². The van der Waals surface area contributed by atoms with E-state index in [1.807, 2.05) is 24.3 Å². The van der Waals surface area contributed by atoms with Crippen LogP contribution in [0.5, 0.6) is 5.75 Å². The van der Waals surface area contributed by atoms with Gasteiger partial charge in [-0.2, -0.15) is 5.10 Å². The smallest absolute Gasteiger partial charge is 0.358 e. The monoisotopic (exact) mass is 274 g/mol. The highest BCUT2D eigenvalue weighted by Gasteiger charge is 2.17. The molecule has 0 aliphatic heterocycles. The third kappa shape index (κ3) is 2.66. The predicted octanol–water partition coefficient (Wildman–Crippen LogP) is 2.79. The zero-order chi connectivity index (χ0) is 14.7. The van der Waals surface area contributed by atoms with Gasteiger partial charge in [-0.05, 0) is 24.1 Å². The number of methoxy groups -OCH3 is 2. The minimum atomic E-state index is -0.437. The van der Waals surface area contributed by atoms with E-state index in [4.69, 9.17) is 9.47 Å². The first kappa shape index (κ1) is 14.1. The van der Waals surface area contributed by atoms with Crippen LogP contribution in [0, 0.1) is 0 Å². The van der Waals surface area contributed by atoms with Gasteiger partial charge in [0.15, 0.2) is 5.69 Å². The fourth-order valence-electron chi connectivity index (χ4n) is 1.96. The molecule has 1 aromatic carbocycles. The normalized spacial score (nSPS) is 10.7. The summed E-state index contributed by atoms with van der Waals surface area (Å²) in [6.45, 7) is 4.10. The third-order valence-electron chi connectivity index (χ3n) is 3.02. The summed E-state index contributed by atoms with van der Waals surface area (Å²) in [6, 6.07) is 9.30. The molecule has 0 saturated heterocycles. The summed E-state index contributed by atoms with van der Waals surface area (Å²) >= 11 is 0. The van der Waals surface area contributed by atoms with Crippen molar-refractivity contribution in [1.82, 2.24) is 9.78 Å². The first-order valence-corrected chi connectivity index (χ1v) is 6.39. The molecule has 2 rings (SSSR count). The first-order valence-electron chi connectivity index (χ1n) is 6.39. The molecule has 0 fully saturated rings. The highest BCUT2D eigenvalue weighted by Crippen LogP contribution is 2.23. The zero-order valence-electron chi connectivity index (χ0n) is 12.1. The second kappa shape index (κ2) is 5.77. The third-order valence-corrected chi connectivity index (χ3v) is 3.02. The summed E-state index contributed by atoms with van der Waals surface area (Å²) in [6.07, 6.45) is 0. The van der Waals surface area contributed by atoms with Crippen molar-refractivity contribution >= 4 is 5.97 Å². The lowest BCUT2D eigenvalue weighted by Gasteiger charge is -2.10. The molecule has 0 atom stereocenters. The van der Waals surface area contributed by atoms with E-state index >= 15 is 0 Å². The second-order valence-corrected chi connectivity index (χ2v) is 4.71. The molecule has 0 saturated carbocycles. The molecule has 0 aliphatic carbocycles. The molecule has 106 valence electrons. The van der Waals surface area contributed by atoms with E-state index in [0.29, 0.717) is 5.69 Å². The van der Waals surface area contributed by atoms with Crippen molar-refractivity contribution in [2.75, 3.05) is 14.2 Å². The second-order valence-electron chi connectivity index (χ2n) is 4.71. The van der Waals surface area contributed by atoms with Crippen molar-refractivity contribution in [3.63, 3.8) is 0 Å². The van der Waals surface area contributed by atoms with Crippen molar-refractivity contribution in [3.8, 4) is 11.4 Å². The predicted molar refractivity (Wildman–Crippen MR) is 75.5 cm³/mol. The molecule has 1 heterocycles. The Morgan fingerprint density at radius 2 is 2.00 bits per heavy atom. The van der Waals surface area contributed by atoms with Gasteiger partial charge in [-0.1, -0.05) is 19.9 Å². The average Bonchev–Trinajstić information content (AvgIpc) is 2.92. The number of carbonyl (C=O) groups is 1. The van der Waals surface area contributed by atoms with Gasteiger partial charge in [0.2, 0.25) is 0 Å². The maximum Gasteiger partial charge on any atom is 0.358 e. The molecule has 5 heteroatoms. The Bertz CT molecular complexity index is 617. The lowest BCUT2D eigenvalue weighted by atomic mass is 10.1. The van der Waals surface area contributed by atoms with Gasteiger partial charge in [-0.15, -0.1) is 0 Å². The van der Waals surface area contributed by atoms with Gasteiger partial charge < -0.3 is 9.47 Å². The molecular weight excluding hydrogens is 256 g/mol. The van der Waals surface area contributed by atoms with Crippen molar-refractivity contribution in [2.24, 2.45) is 0 Å². The fraction of sp³-hybridized carbons (Fsp3) is 0.333. The molecule has 0 radical (unpaired) electrons. The van der Waals surface area contributed by atoms with Crippen molar-refractivity contribution in [2.45, 2.75) is 19.8 Å². The average molecular weight is 274 g/mol. The van der Waals surface area contributed by atoms with E-state index in [1.165, 1.54) is 7.11 Å². The Labute approximate surface area is 118 Å². The molecular formula is C15H18N2O3. The largest absolute Gasteiger partial charge is 0.497 e. The van der Waals surface area contributed by atoms with E-state index in [0.717, 1.165) is 17.1 Å². The lowest BCUT2D eigenvalue weighted by molar-refractivity contribution is 0.0593. The van der Waals surface area contributed by atoms with E-state index in [2.05, 4.69) is 18.9 Å². The number of ether oxygens (including phenoxy) is 2. The Balaban J connectivity index is 2.53. The quantitative estimate of drug-likeness (QED) is 0.804. The number of aromatic nitrogens is 2. The van der Waals surface area contributed by atoms with Crippen LogP contribution in [0.1, 0.15) is 35.9 Å². The SMILES string of the molecule is COC(=O)c1cc(C(C)C)n(-c2cccc(OC)c2)n1. The minimum absolute atomic E-state index is 0.229. The maximum absolute atomic E-state index is 11.6. The van der Waals surface area contributed by atoms with Crippen LogP contribution in [-0.4, -0.2) is 30.0 Å². The molecule has 2 aromatic rings. The molecule has 0 amide bonds. The van der Waals surface area contributed by atoms with E-state index in [-0.39, 0.29) is 5.92 Å². The number of hydrogen-bond acceptors (Lipinski definition) is 4. The number of esters is 1. The summed E-state index contributed by atoms with van der Waals surface area (Å²) in [5.41, 5.74) is 2.10. The summed E-state index contributed by atoms with van der Waals surface area (Å²) < 4.78 is 11.7. The summed E-state index contributed by atoms with van der Waals surface area (Å²) in [7, 11) is 2.97. The van der Waals surface area contributed by atoms with Crippen LogP contribution in [0.25, 0.3) is 5.69 Å². The zero-order valence-corrected chi connectivity index (χ0v) is 12.1. The number of rotatable bonds is 4. The van der Waals surface area contributed by atoms with Crippen molar-refractivity contribution in [3.05, 3.63) is 41.7 Å². The molecule has 0 N–H and O–H groups in total. The lowest BCUT2D eigenvalue weighted by Crippen LogP contribution is -2.06.